The number of rotatable bonds is 3. The van der Waals surface area contributed by atoms with Crippen molar-refractivity contribution in [2.24, 2.45) is 10.7 Å². The summed E-state index contributed by atoms with van der Waals surface area (Å²) in [5, 5.41) is 0.867. The summed E-state index contributed by atoms with van der Waals surface area (Å²) >= 11 is 9.31. The molecule has 6 nitrogen and oxygen atoms in total. The molecule has 0 aliphatic carbocycles. The fourth-order valence-corrected chi connectivity index (χ4v) is 3.81. The van der Waals surface area contributed by atoms with Crippen LogP contribution in [0.1, 0.15) is 5.69 Å². The lowest BCUT2D eigenvalue weighted by Crippen LogP contribution is -2.37. The van der Waals surface area contributed by atoms with E-state index in [0.717, 1.165) is 35.2 Å². The van der Waals surface area contributed by atoms with Crippen LogP contribution >= 0.6 is 35.1 Å². The number of ether oxygens (including phenoxy) is 1. The molecule has 2 aliphatic rings. The van der Waals surface area contributed by atoms with E-state index in [-0.39, 0.29) is 5.28 Å². The zero-order chi connectivity index (χ0) is 16.2. The number of nitrogens with zero attached hydrogens (tertiary/aromatic N) is 4. The van der Waals surface area contributed by atoms with Gasteiger partial charge in [0.1, 0.15) is 5.82 Å². The minimum atomic E-state index is 0.274. The standard InChI is InChI=1S/C14H18ClN5OS2/c1-22-14(16)17-7-9-6-10-11(23-8-9)12(19-13(15)18-10)20-2-4-21-5-3-20/h6H,2-5,7-8H2,1H3,(H2,16,17). The van der Waals surface area contributed by atoms with Crippen LogP contribution in [0.15, 0.2) is 15.5 Å². The molecule has 0 saturated carbocycles. The molecule has 9 heteroatoms. The molecule has 0 radical (unpaired) electrons. The minimum absolute atomic E-state index is 0.274. The number of halogens is 1. The fraction of sp³-hybridized carbons (Fsp3) is 0.500. The summed E-state index contributed by atoms with van der Waals surface area (Å²) in [6, 6.07) is 0. The Morgan fingerprint density at radius 3 is 3.00 bits per heavy atom. The molecule has 0 atom stereocenters. The molecule has 1 aromatic rings. The van der Waals surface area contributed by atoms with Gasteiger partial charge in [0.2, 0.25) is 5.28 Å². The summed E-state index contributed by atoms with van der Waals surface area (Å²) in [6.07, 6.45) is 3.97. The summed E-state index contributed by atoms with van der Waals surface area (Å²) in [7, 11) is 0. The van der Waals surface area contributed by atoms with Crippen molar-refractivity contribution in [3.05, 3.63) is 16.6 Å². The van der Waals surface area contributed by atoms with Crippen LogP contribution in [0.2, 0.25) is 5.28 Å². The fourth-order valence-electron chi connectivity index (χ4n) is 2.39. The minimum Gasteiger partial charge on any atom is -0.379 e. The average molecular weight is 372 g/mol. The van der Waals surface area contributed by atoms with Crippen molar-refractivity contribution in [2.45, 2.75) is 4.90 Å². The van der Waals surface area contributed by atoms with E-state index in [9.17, 15) is 0 Å². The van der Waals surface area contributed by atoms with Gasteiger partial charge >= 0.3 is 0 Å². The van der Waals surface area contributed by atoms with Crippen LogP contribution in [0.4, 0.5) is 5.82 Å². The van der Waals surface area contributed by atoms with Gasteiger partial charge in [-0.1, -0.05) is 11.8 Å². The Hall–Kier alpha value is -0.960. The number of anilines is 1. The SMILES string of the molecule is CSC(N)=NCC1=Cc2nc(Cl)nc(N3CCOCC3)c2SC1. The molecule has 3 rings (SSSR count). The third-order valence-electron chi connectivity index (χ3n) is 3.55. The van der Waals surface area contributed by atoms with Gasteiger partial charge < -0.3 is 15.4 Å². The maximum Gasteiger partial charge on any atom is 0.224 e. The maximum absolute atomic E-state index is 6.13. The predicted molar refractivity (Wildman–Crippen MR) is 98.8 cm³/mol. The first-order valence-electron chi connectivity index (χ1n) is 7.23. The second-order valence-electron chi connectivity index (χ2n) is 5.08. The Balaban J connectivity index is 1.88. The lowest BCUT2D eigenvalue weighted by Gasteiger charge is -2.30. The zero-order valence-electron chi connectivity index (χ0n) is 12.8. The summed E-state index contributed by atoms with van der Waals surface area (Å²) in [6.45, 7) is 3.67. The Bertz CT molecular complexity index is 646. The van der Waals surface area contributed by atoms with Crippen molar-refractivity contribution in [1.29, 1.82) is 0 Å². The highest BCUT2D eigenvalue weighted by molar-refractivity contribution is 8.13. The van der Waals surface area contributed by atoms with Crippen LogP contribution < -0.4 is 10.6 Å². The quantitative estimate of drug-likeness (QED) is 0.495. The number of amidine groups is 1. The summed E-state index contributed by atoms with van der Waals surface area (Å²) in [5.74, 6) is 1.77. The Kier molecular flexibility index (Phi) is 5.68. The van der Waals surface area contributed by atoms with E-state index in [2.05, 4.69) is 25.9 Å². The number of hydrogen-bond acceptors (Lipinski definition) is 7. The molecule has 0 unspecified atom stereocenters. The number of nitrogens with two attached hydrogens (primary N) is 1. The average Bonchev–Trinajstić information content (AvgIpc) is 2.59. The van der Waals surface area contributed by atoms with E-state index in [0.29, 0.717) is 24.9 Å². The summed E-state index contributed by atoms with van der Waals surface area (Å²) in [4.78, 5) is 16.5. The van der Waals surface area contributed by atoms with Crippen molar-refractivity contribution < 1.29 is 4.74 Å². The highest BCUT2D eigenvalue weighted by Gasteiger charge is 2.23. The van der Waals surface area contributed by atoms with Gasteiger partial charge in [0.15, 0.2) is 5.17 Å². The van der Waals surface area contributed by atoms with Crippen molar-refractivity contribution >= 4 is 52.2 Å². The second-order valence-corrected chi connectivity index (χ2v) is 7.23. The Labute approximate surface area is 148 Å². The lowest BCUT2D eigenvalue weighted by molar-refractivity contribution is 0.122. The molecule has 0 spiro atoms. The topological polar surface area (TPSA) is 76.6 Å². The molecule has 1 saturated heterocycles. The van der Waals surface area contributed by atoms with Crippen molar-refractivity contribution in [3.8, 4) is 0 Å². The molecule has 2 aliphatic heterocycles. The third kappa shape index (κ3) is 4.12. The smallest absolute Gasteiger partial charge is 0.224 e. The first-order chi connectivity index (χ1) is 11.2. The number of aliphatic imine (C=N–C) groups is 1. The highest BCUT2D eigenvalue weighted by Crippen LogP contribution is 2.38. The van der Waals surface area contributed by atoms with Gasteiger partial charge in [0.25, 0.3) is 0 Å². The second kappa shape index (κ2) is 7.74. The van der Waals surface area contributed by atoms with Gasteiger partial charge in [0, 0.05) is 18.8 Å². The van der Waals surface area contributed by atoms with Gasteiger partial charge in [-0.3, -0.25) is 4.99 Å². The van der Waals surface area contributed by atoms with Crippen LogP contribution in [0.3, 0.4) is 0 Å². The normalized spacial score (nSPS) is 18.6. The predicted octanol–water partition coefficient (Wildman–Crippen LogP) is 2.13. The first-order valence-corrected chi connectivity index (χ1v) is 9.82. The van der Waals surface area contributed by atoms with E-state index in [4.69, 9.17) is 22.1 Å². The summed E-state index contributed by atoms with van der Waals surface area (Å²) in [5.41, 5.74) is 7.80. The Morgan fingerprint density at radius 1 is 1.48 bits per heavy atom. The molecule has 23 heavy (non-hydrogen) atoms. The molecular weight excluding hydrogens is 354 g/mol. The van der Waals surface area contributed by atoms with Crippen LogP contribution in [0.5, 0.6) is 0 Å². The van der Waals surface area contributed by atoms with Gasteiger partial charge in [-0.2, -0.15) is 4.98 Å². The molecule has 0 aromatic carbocycles. The van der Waals surface area contributed by atoms with Gasteiger partial charge in [0.05, 0.1) is 30.3 Å². The van der Waals surface area contributed by atoms with Crippen LogP contribution in [-0.2, 0) is 4.74 Å². The molecular formula is C14H18ClN5OS2. The number of fused-ring (bicyclic) bond motifs is 1. The molecule has 124 valence electrons. The van der Waals surface area contributed by atoms with E-state index in [1.54, 1.807) is 11.8 Å². The van der Waals surface area contributed by atoms with Crippen molar-refractivity contribution in [1.82, 2.24) is 9.97 Å². The van der Waals surface area contributed by atoms with E-state index >= 15 is 0 Å². The highest BCUT2D eigenvalue weighted by atomic mass is 35.5. The third-order valence-corrected chi connectivity index (χ3v) is 5.46. The number of morpholine rings is 1. The zero-order valence-corrected chi connectivity index (χ0v) is 15.2. The monoisotopic (exact) mass is 371 g/mol. The van der Waals surface area contributed by atoms with Crippen molar-refractivity contribution in [3.63, 3.8) is 0 Å². The molecule has 2 N–H and O–H groups in total. The molecule has 0 amide bonds. The van der Waals surface area contributed by atoms with Gasteiger partial charge in [-0.05, 0) is 29.5 Å². The number of aromatic nitrogens is 2. The largest absolute Gasteiger partial charge is 0.379 e. The molecule has 3 heterocycles. The first kappa shape index (κ1) is 16.9. The number of thioether (sulfide) groups is 2. The van der Waals surface area contributed by atoms with Gasteiger partial charge in [-0.15, -0.1) is 11.8 Å². The van der Waals surface area contributed by atoms with E-state index in [1.165, 1.54) is 17.3 Å². The van der Waals surface area contributed by atoms with Crippen LogP contribution in [0, 0.1) is 0 Å². The van der Waals surface area contributed by atoms with Gasteiger partial charge in [-0.25, -0.2) is 4.98 Å². The Morgan fingerprint density at radius 2 is 2.26 bits per heavy atom. The van der Waals surface area contributed by atoms with Crippen LogP contribution in [-0.4, -0.2) is 60.0 Å². The molecule has 1 fully saturated rings. The molecule has 1 aromatic heterocycles. The van der Waals surface area contributed by atoms with E-state index < -0.39 is 0 Å². The van der Waals surface area contributed by atoms with Crippen LogP contribution in [0.25, 0.3) is 6.08 Å². The van der Waals surface area contributed by atoms with E-state index in [1.807, 2.05) is 6.26 Å². The lowest BCUT2D eigenvalue weighted by atomic mass is 10.2. The maximum atomic E-state index is 6.13. The summed E-state index contributed by atoms with van der Waals surface area (Å²) < 4.78 is 5.41. The molecule has 0 bridgehead atoms. The number of hydrogen-bond donors (Lipinski definition) is 1. The van der Waals surface area contributed by atoms with Crippen molar-refractivity contribution in [2.75, 3.05) is 49.8 Å².